The van der Waals surface area contributed by atoms with Gasteiger partial charge in [-0.1, -0.05) is 19.1 Å². The molecule has 0 unspecified atom stereocenters. The third-order valence-corrected chi connectivity index (χ3v) is 5.04. The summed E-state index contributed by atoms with van der Waals surface area (Å²) in [7, 11) is 0. The van der Waals surface area contributed by atoms with E-state index in [0.717, 1.165) is 55.6 Å². The van der Waals surface area contributed by atoms with Crippen LogP contribution in [0.2, 0.25) is 0 Å². The summed E-state index contributed by atoms with van der Waals surface area (Å²) in [5.41, 5.74) is 4.96. The second-order valence-electron chi connectivity index (χ2n) is 6.82. The van der Waals surface area contributed by atoms with E-state index in [-0.39, 0.29) is 5.97 Å². The van der Waals surface area contributed by atoms with Gasteiger partial charge in [0.2, 0.25) is 0 Å². The van der Waals surface area contributed by atoms with Crippen molar-refractivity contribution in [3.05, 3.63) is 65.2 Å². The molecular formula is C21H24N4O2. The lowest BCUT2D eigenvalue weighted by molar-refractivity contribution is 0.0486. The van der Waals surface area contributed by atoms with Crippen LogP contribution in [0.25, 0.3) is 5.69 Å². The van der Waals surface area contributed by atoms with Gasteiger partial charge in [0.15, 0.2) is 5.69 Å². The largest absolute Gasteiger partial charge is 0.461 e. The summed E-state index contributed by atoms with van der Waals surface area (Å²) in [6, 6.07) is 10.3. The fourth-order valence-electron chi connectivity index (χ4n) is 3.58. The smallest absolute Gasteiger partial charge is 0.359 e. The van der Waals surface area contributed by atoms with E-state index in [4.69, 9.17) is 4.74 Å². The van der Waals surface area contributed by atoms with Crippen molar-refractivity contribution >= 4 is 5.97 Å². The van der Waals surface area contributed by atoms with Gasteiger partial charge in [0.25, 0.3) is 0 Å². The molecule has 1 aromatic carbocycles. The molecule has 0 aliphatic heterocycles. The molecule has 1 aliphatic carbocycles. The average molecular weight is 364 g/mol. The van der Waals surface area contributed by atoms with E-state index in [1.54, 1.807) is 6.20 Å². The van der Waals surface area contributed by atoms with Crippen LogP contribution in [0.4, 0.5) is 0 Å². The highest BCUT2D eigenvalue weighted by atomic mass is 16.5. The van der Waals surface area contributed by atoms with Gasteiger partial charge in [-0.3, -0.25) is 4.68 Å². The summed E-state index contributed by atoms with van der Waals surface area (Å²) in [5.74, 6) is -0.322. The molecule has 3 aromatic rings. The fourth-order valence-corrected chi connectivity index (χ4v) is 3.58. The van der Waals surface area contributed by atoms with Crippen LogP contribution in [0.5, 0.6) is 0 Å². The summed E-state index contributed by atoms with van der Waals surface area (Å²) < 4.78 is 9.23. The number of esters is 1. The Morgan fingerprint density at radius 3 is 2.81 bits per heavy atom. The Balaban J connectivity index is 1.46. The maximum absolute atomic E-state index is 12.6. The van der Waals surface area contributed by atoms with Crippen molar-refractivity contribution in [3.8, 4) is 5.69 Å². The van der Waals surface area contributed by atoms with Crippen LogP contribution in [-0.4, -0.2) is 32.1 Å². The van der Waals surface area contributed by atoms with E-state index in [0.29, 0.717) is 12.3 Å². The molecule has 0 bridgehead atoms. The number of nitrogens with zero attached hydrogens (tertiary/aromatic N) is 4. The number of carbonyl (C=O) groups excluding carboxylic acids is 1. The zero-order chi connectivity index (χ0) is 18.6. The predicted octanol–water partition coefficient (Wildman–Crippen LogP) is 3.37. The maximum atomic E-state index is 12.6. The molecule has 6 heteroatoms. The van der Waals surface area contributed by atoms with Crippen LogP contribution in [0, 0.1) is 0 Å². The van der Waals surface area contributed by atoms with Crippen LogP contribution in [0.15, 0.2) is 42.7 Å². The second kappa shape index (κ2) is 7.78. The van der Waals surface area contributed by atoms with Crippen LogP contribution in [0.1, 0.15) is 47.1 Å². The van der Waals surface area contributed by atoms with E-state index in [2.05, 4.69) is 41.4 Å². The number of hydrogen-bond acceptors (Lipinski definition) is 4. The summed E-state index contributed by atoms with van der Waals surface area (Å²) >= 11 is 0. The van der Waals surface area contributed by atoms with E-state index in [1.807, 2.05) is 21.6 Å². The van der Waals surface area contributed by atoms with Gasteiger partial charge in [-0.05, 0) is 49.4 Å². The molecule has 2 aromatic heterocycles. The standard InChI is InChI=1S/C21H24N4O2/c1-2-16-8-10-17(11-9-16)25-19-7-3-6-18(19)20(23-25)21(26)27-15-5-14-24-13-4-12-22-24/h4,8-13H,2-3,5-7,14-15H2,1H3. The summed E-state index contributed by atoms with van der Waals surface area (Å²) in [4.78, 5) is 12.6. The van der Waals surface area contributed by atoms with Gasteiger partial charge >= 0.3 is 5.97 Å². The summed E-state index contributed by atoms with van der Waals surface area (Å²) in [6.45, 7) is 3.24. The molecule has 0 saturated carbocycles. The summed E-state index contributed by atoms with van der Waals surface area (Å²) in [5, 5.41) is 8.76. The molecule has 0 atom stereocenters. The van der Waals surface area contributed by atoms with Gasteiger partial charge in [-0.2, -0.15) is 10.2 Å². The molecule has 4 rings (SSSR count). The predicted molar refractivity (Wildman–Crippen MR) is 102 cm³/mol. The number of hydrogen-bond donors (Lipinski definition) is 0. The Bertz CT molecular complexity index is 911. The van der Waals surface area contributed by atoms with Crippen molar-refractivity contribution in [1.82, 2.24) is 19.6 Å². The van der Waals surface area contributed by atoms with Crippen molar-refractivity contribution in [1.29, 1.82) is 0 Å². The molecule has 140 valence electrons. The van der Waals surface area contributed by atoms with Crippen molar-refractivity contribution in [2.75, 3.05) is 6.61 Å². The molecule has 0 radical (unpaired) electrons. The molecule has 0 spiro atoms. The monoisotopic (exact) mass is 364 g/mol. The summed E-state index contributed by atoms with van der Waals surface area (Å²) in [6.07, 6.45) is 8.28. The Kier molecular flexibility index (Phi) is 5.05. The fraction of sp³-hybridized carbons (Fsp3) is 0.381. The third-order valence-electron chi connectivity index (χ3n) is 5.04. The van der Waals surface area contributed by atoms with Crippen LogP contribution < -0.4 is 0 Å². The molecule has 6 nitrogen and oxygen atoms in total. The SMILES string of the molecule is CCc1ccc(-n2nc(C(=O)OCCCn3cccn3)c3c2CCC3)cc1. The molecule has 1 aliphatic rings. The van der Waals surface area contributed by atoms with E-state index in [9.17, 15) is 4.79 Å². The zero-order valence-corrected chi connectivity index (χ0v) is 15.6. The molecular weight excluding hydrogens is 340 g/mol. The normalized spacial score (nSPS) is 12.9. The topological polar surface area (TPSA) is 61.9 Å². The number of benzene rings is 1. The first-order chi connectivity index (χ1) is 13.3. The number of ether oxygens (including phenoxy) is 1. The van der Waals surface area contributed by atoms with Crippen LogP contribution >= 0.6 is 0 Å². The van der Waals surface area contributed by atoms with Crippen molar-refractivity contribution in [2.24, 2.45) is 0 Å². The minimum absolute atomic E-state index is 0.322. The van der Waals surface area contributed by atoms with Crippen molar-refractivity contribution in [2.45, 2.75) is 45.6 Å². The number of fused-ring (bicyclic) bond motifs is 1. The number of aryl methyl sites for hydroxylation is 2. The Morgan fingerprint density at radius 2 is 2.07 bits per heavy atom. The lowest BCUT2D eigenvalue weighted by atomic mass is 10.1. The van der Waals surface area contributed by atoms with E-state index in [1.165, 1.54) is 5.56 Å². The van der Waals surface area contributed by atoms with Gasteiger partial charge < -0.3 is 4.74 Å². The maximum Gasteiger partial charge on any atom is 0.359 e. The Labute approximate surface area is 158 Å². The molecule has 0 saturated heterocycles. The average Bonchev–Trinajstić information content (AvgIpc) is 3.43. The highest BCUT2D eigenvalue weighted by Crippen LogP contribution is 2.28. The lowest BCUT2D eigenvalue weighted by Crippen LogP contribution is -2.11. The van der Waals surface area contributed by atoms with Crippen LogP contribution in [0.3, 0.4) is 0 Å². The zero-order valence-electron chi connectivity index (χ0n) is 15.6. The van der Waals surface area contributed by atoms with Gasteiger partial charge in [-0.25, -0.2) is 9.48 Å². The van der Waals surface area contributed by atoms with Gasteiger partial charge in [0.1, 0.15) is 0 Å². The Morgan fingerprint density at radius 1 is 1.22 bits per heavy atom. The number of carbonyl (C=O) groups is 1. The quantitative estimate of drug-likeness (QED) is 0.476. The van der Waals surface area contributed by atoms with Crippen LogP contribution in [-0.2, 0) is 30.5 Å². The Hall–Kier alpha value is -2.89. The first-order valence-electron chi connectivity index (χ1n) is 9.61. The first-order valence-corrected chi connectivity index (χ1v) is 9.61. The van der Waals surface area contributed by atoms with Gasteiger partial charge in [0.05, 0.1) is 12.3 Å². The minimum Gasteiger partial charge on any atom is -0.461 e. The highest BCUT2D eigenvalue weighted by Gasteiger charge is 2.27. The van der Waals surface area contributed by atoms with E-state index < -0.39 is 0 Å². The lowest BCUT2D eigenvalue weighted by Gasteiger charge is -2.06. The van der Waals surface area contributed by atoms with Crippen molar-refractivity contribution in [3.63, 3.8) is 0 Å². The van der Waals surface area contributed by atoms with Gasteiger partial charge in [-0.15, -0.1) is 0 Å². The molecule has 27 heavy (non-hydrogen) atoms. The van der Waals surface area contributed by atoms with E-state index >= 15 is 0 Å². The number of rotatable bonds is 7. The minimum atomic E-state index is -0.322. The number of aromatic nitrogens is 4. The molecule has 0 fully saturated rings. The third kappa shape index (κ3) is 3.65. The molecule has 2 heterocycles. The first kappa shape index (κ1) is 17.5. The molecule has 0 N–H and O–H groups in total. The van der Waals surface area contributed by atoms with Gasteiger partial charge in [0, 0.05) is 36.6 Å². The highest BCUT2D eigenvalue weighted by molar-refractivity contribution is 5.89. The molecule has 0 amide bonds. The van der Waals surface area contributed by atoms with Crippen molar-refractivity contribution < 1.29 is 9.53 Å². The second-order valence-corrected chi connectivity index (χ2v) is 6.82.